The highest BCUT2D eigenvalue weighted by atomic mass is 19.3. The molecule has 1 fully saturated rings. The lowest BCUT2D eigenvalue weighted by Gasteiger charge is -2.51. The van der Waals surface area contributed by atoms with Crippen molar-refractivity contribution >= 4 is 18.0 Å². The van der Waals surface area contributed by atoms with Gasteiger partial charge in [-0.25, -0.2) is 0 Å². The number of halogens is 2. The molecule has 5 heteroatoms. The SMILES string of the molecule is C=C1C2(CC)C3C=NC=C4C3=C3c5c(cnc(CCCC)c5C=CN3C12CC)C4(F)F. The van der Waals surface area contributed by atoms with Crippen molar-refractivity contribution in [2.24, 2.45) is 16.3 Å². The molecular formula is C26H27F2N3. The van der Waals surface area contributed by atoms with Crippen LogP contribution in [0.2, 0.25) is 0 Å². The Morgan fingerprint density at radius 1 is 1.19 bits per heavy atom. The summed E-state index contributed by atoms with van der Waals surface area (Å²) in [6.07, 6.45) is 13.4. The van der Waals surface area contributed by atoms with Crippen LogP contribution in [0.3, 0.4) is 0 Å². The number of rotatable bonds is 5. The molecule has 4 heterocycles. The minimum absolute atomic E-state index is 0.0134. The van der Waals surface area contributed by atoms with Gasteiger partial charge in [0.05, 0.1) is 16.8 Å². The summed E-state index contributed by atoms with van der Waals surface area (Å²) >= 11 is 0. The maximum atomic E-state index is 15.9. The van der Waals surface area contributed by atoms with E-state index in [-0.39, 0.29) is 28.0 Å². The Kier molecular flexibility index (Phi) is 3.59. The van der Waals surface area contributed by atoms with Gasteiger partial charge in [0.15, 0.2) is 0 Å². The van der Waals surface area contributed by atoms with Crippen molar-refractivity contribution in [3.63, 3.8) is 0 Å². The molecule has 6 rings (SSSR count). The average Bonchev–Trinajstić information content (AvgIpc) is 3.35. The molecule has 5 aliphatic rings. The van der Waals surface area contributed by atoms with Crippen LogP contribution in [0.25, 0.3) is 11.8 Å². The van der Waals surface area contributed by atoms with Crippen LogP contribution in [0.1, 0.15) is 68.8 Å². The second-order valence-electron chi connectivity index (χ2n) is 9.37. The number of unbranched alkanes of at least 4 members (excludes halogenated alkanes) is 1. The molecule has 1 aromatic rings. The maximum absolute atomic E-state index is 15.9. The summed E-state index contributed by atoms with van der Waals surface area (Å²) in [7, 11) is 0. The number of aromatic nitrogens is 1. The number of alkyl halides is 2. The summed E-state index contributed by atoms with van der Waals surface area (Å²) < 4.78 is 31.8. The first kappa shape index (κ1) is 19.1. The summed E-state index contributed by atoms with van der Waals surface area (Å²) in [5, 5.41) is 0. The van der Waals surface area contributed by atoms with Crippen LogP contribution in [0, 0.1) is 11.3 Å². The van der Waals surface area contributed by atoms with Crippen molar-refractivity contribution in [2.75, 3.05) is 0 Å². The van der Waals surface area contributed by atoms with Gasteiger partial charge in [0.2, 0.25) is 0 Å². The zero-order chi connectivity index (χ0) is 21.8. The van der Waals surface area contributed by atoms with Crippen molar-refractivity contribution in [1.29, 1.82) is 0 Å². The normalized spacial score (nSPS) is 32.7. The van der Waals surface area contributed by atoms with Gasteiger partial charge in [-0.2, -0.15) is 8.78 Å². The molecule has 2 aliphatic carbocycles. The highest BCUT2D eigenvalue weighted by molar-refractivity contribution is 5.96. The fraction of sp³-hybridized carbons (Fsp3) is 0.462. The molecular weight excluding hydrogens is 392 g/mol. The van der Waals surface area contributed by atoms with Crippen LogP contribution in [0.15, 0.2) is 46.9 Å². The van der Waals surface area contributed by atoms with Crippen molar-refractivity contribution in [1.82, 2.24) is 9.88 Å². The van der Waals surface area contributed by atoms with Crippen LogP contribution in [0.5, 0.6) is 0 Å². The topological polar surface area (TPSA) is 28.5 Å². The Bertz CT molecular complexity index is 1170. The number of nitrogens with zero attached hydrogens (tertiary/aromatic N) is 3. The van der Waals surface area contributed by atoms with Crippen LogP contribution in [-0.4, -0.2) is 21.6 Å². The van der Waals surface area contributed by atoms with E-state index in [0.29, 0.717) is 5.56 Å². The Balaban J connectivity index is 1.71. The van der Waals surface area contributed by atoms with Crippen LogP contribution in [0.4, 0.5) is 8.78 Å². The van der Waals surface area contributed by atoms with E-state index in [9.17, 15) is 0 Å². The molecule has 1 saturated carbocycles. The molecule has 3 atom stereocenters. The average molecular weight is 420 g/mol. The largest absolute Gasteiger partial charge is 0.336 e. The van der Waals surface area contributed by atoms with Gasteiger partial charge in [0.25, 0.3) is 0 Å². The fourth-order valence-electron chi connectivity index (χ4n) is 7.10. The van der Waals surface area contributed by atoms with Crippen molar-refractivity contribution in [3.05, 3.63) is 64.3 Å². The molecule has 0 amide bonds. The molecule has 0 spiro atoms. The van der Waals surface area contributed by atoms with E-state index in [1.165, 1.54) is 12.4 Å². The Hall–Kier alpha value is -2.56. The lowest BCUT2D eigenvalue weighted by Crippen LogP contribution is -2.49. The smallest absolute Gasteiger partial charge is 0.302 e. The second-order valence-corrected chi connectivity index (χ2v) is 9.37. The Labute approximate surface area is 182 Å². The first-order valence-electron chi connectivity index (χ1n) is 11.5. The van der Waals surface area contributed by atoms with E-state index in [4.69, 9.17) is 0 Å². The number of allylic oxidation sites excluding steroid dienone is 2. The molecule has 3 unspecified atom stereocenters. The third kappa shape index (κ3) is 1.83. The van der Waals surface area contributed by atoms with E-state index >= 15 is 8.78 Å². The third-order valence-electron chi connectivity index (χ3n) is 8.53. The zero-order valence-corrected chi connectivity index (χ0v) is 18.3. The van der Waals surface area contributed by atoms with Crippen LogP contribution in [-0.2, 0) is 12.3 Å². The highest BCUT2D eigenvalue weighted by Gasteiger charge is 2.79. The maximum Gasteiger partial charge on any atom is 0.302 e. The van der Waals surface area contributed by atoms with Gasteiger partial charge in [0, 0.05) is 58.5 Å². The molecule has 0 radical (unpaired) electrons. The molecule has 0 bridgehead atoms. The summed E-state index contributed by atoms with van der Waals surface area (Å²) in [4.78, 5) is 11.1. The molecule has 3 nitrogen and oxygen atoms in total. The molecule has 0 N–H and O–H groups in total. The minimum Gasteiger partial charge on any atom is -0.336 e. The molecule has 160 valence electrons. The number of hydrogen-bond donors (Lipinski definition) is 0. The van der Waals surface area contributed by atoms with Crippen molar-refractivity contribution < 1.29 is 8.78 Å². The van der Waals surface area contributed by atoms with E-state index in [1.54, 1.807) is 0 Å². The van der Waals surface area contributed by atoms with Crippen LogP contribution >= 0.6 is 0 Å². The predicted molar refractivity (Wildman–Crippen MR) is 119 cm³/mol. The highest BCUT2D eigenvalue weighted by Crippen LogP contribution is 2.78. The van der Waals surface area contributed by atoms with Gasteiger partial charge < -0.3 is 4.90 Å². The summed E-state index contributed by atoms with van der Waals surface area (Å²) in [5.74, 6) is -3.27. The van der Waals surface area contributed by atoms with Crippen LogP contribution < -0.4 is 0 Å². The van der Waals surface area contributed by atoms with Gasteiger partial charge >= 0.3 is 5.92 Å². The van der Waals surface area contributed by atoms with E-state index < -0.39 is 5.92 Å². The second kappa shape index (κ2) is 5.81. The number of fused-ring (bicyclic) bond motifs is 3. The predicted octanol–water partition coefficient (Wildman–Crippen LogP) is 6.24. The van der Waals surface area contributed by atoms with E-state index in [1.807, 2.05) is 12.3 Å². The van der Waals surface area contributed by atoms with Gasteiger partial charge in [-0.3, -0.25) is 9.98 Å². The first-order chi connectivity index (χ1) is 14.9. The Morgan fingerprint density at radius 2 is 2.00 bits per heavy atom. The lowest BCUT2D eigenvalue weighted by molar-refractivity contribution is 0.0334. The number of aliphatic imine (C=N–C) groups is 1. The lowest BCUT2D eigenvalue weighted by atomic mass is 9.65. The number of pyridine rings is 1. The Morgan fingerprint density at radius 3 is 2.71 bits per heavy atom. The molecule has 31 heavy (non-hydrogen) atoms. The number of hydrogen-bond acceptors (Lipinski definition) is 3. The molecule has 0 saturated heterocycles. The summed E-state index contributed by atoms with van der Waals surface area (Å²) in [6.45, 7) is 11.0. The monoisotopic (exact) mass is 419 g/mol. The number of aryl methyl sites for hydroxylation is 1. The zero-order valence-electron chi connectivity index (χ0n) is 18.3. The van der Waals surface area contributed by atoms with E-state index in [2.05, 4.69) is 48.4 Å². The van der Waals surface area contributed by atoms with Gasteiger partial charge in [-0.05, 0) is 42.9 Å². The van der Waals surface area contributed by atoms with Gasteiger partial charge in [0.1, 0.15) is 0 Å². The minimum atomic E-state index is -3.11. The summed E-state index contributed by atoms with van der Waals surface area (Å²) in [6, 6.07) is 0. The molecule has 1 aromatic heterocycles. The quantitative estimate of drug-likeness (QED) is 0.529. The first-order valence-corrected chi connectivity index (χ1v) is 11.5. The summed E-state index contributed by atoms with van der Waals surface area (Å²) in [5.41, 5.74) is 4.84. The molecule has 0 aromatic carbocycles. The van der Waals surface area contributed by atoms with E-state index in [0.717, 1.165) is 60.2 Å². The van der Waals surface area contributed by atoms with Gasteiger partial charge in [-0.1, -0.05) is 33.8 Å². The fourth-order valence-corrected chi connectivity index (χ4v) is 7.10. The third-order valence-corrected chi connectivity index (χ3v) is 8.53. The van der Waals surface area contributed by atoms with Crippen molar-refractivity contribution in [2.45, 2.75) is 64.3 Å². The molecule has 3 aliphatic heterocycles. The van der Waals surface area contributed by atoms with Gasteiger partial charge in [-0.15, -0.1) is 0 Å². The van der Waals surface area contributed by atoms with Crippen molar-refractivity contribution in [3.8, 4) is 0 Å². The standard InChI is InChI=1S/C26H27F2N3/c1-5-8-9-20-16-10-11-31-23-21(16)19(14-30-20)26(27,28)18-13-29-12-17(22(18)23)24(6-2)15(4)25(24,31)7-3/h10-14,17H,4-9H2,1-3H3.